The van der Waals surface area contributed by atoms with Gasteiger partial charge in [0.05, 0.1) is 0 Å². The van der Waals surface area contributed by atoms with Gasteiger partial charge in [0.25, 0.3) is 0 Å². The van der Waals surface area contributed by atoms with Gasteiger partial charge in [0.1, 0.15) is 0 Å². The van der Waals surface area contributed by atoms with Gasteiger partial charge in [0, 0.05) is 11.6 Å². The molecule has 0 spiro atoms. The number of nitrogens with one attached hydrogen (secondary N) is 1. The van der Waals surface area contributed by atoms with Crippen molar-refractivity contribution in [3.63, 3.8) is 0 Å². The van der Waals surface area contributed by atoms with E-state index in [1.165, 1.54) is 32.1 Å². The quantitative estimate of drug-likeness (QED) is 0.677. The third-order valence-corrected chi connectivity index (χ3v) is 3.93. The van der Waals surface area contributed by atoms with Crippen LogP contribution in [0.5, 0.6) is 0 Å². The van der Waals surface area contributed by atoms with Gasteiger partial charge in [-0.25, -0.2) is 0 Å². The molecule has 0 saturated heterocycles. The van der Waals surface area contributed by atoms with E-state index in [0.29, 0.717) is 17.5 Å². The van der Waals surface area contributed by atoms with Crippen LogP contribution in [0.25, 0.3) is 0 Å². The summed E-state index contributed by atoms with van der Waals surface area (Å²) in [5.41, 5.74) is 0.396. The van der Waals surface area contributed by atoms with Crippen LogP contribution >= 0.6 is 0 Å². The van der Waals surface area contributed by atoms with Crippen LogP contribution in [0.2, 0.25) is 0 Å². The van der Waals surface area contributed by atoms with Crippen molar-refractivity contribution in [1.29, 1.82) is 0 Å². The maximum absolute atomic E-state index is 3.83. The van der Waals surface area contributed by atoms with Crippen LogP contribution in [0.15, 0.2) is 12.7 Å². The Bertz CT molecular complexity index is 192. The molecule has 0 bridgehead atoms. The summed E-state index contributed by atoms with van der Waals surface area (Å²) in [6.07, 6.45) is 10.1. The predicted molar refractivity (Wildman–Crippen MR) is 68.1 cm³/mol. The molecule has 0 aliphatic heterocycles. The van der Waals surface area contributed by atoms with E-state index in [0.717, 1.165) is 6.42 Å². The molecule has 1 rings (SSSR count). The van der Waals surface area contributed by atoms with Crippen molar-refractivity contribution in [2.24, 2.45) is 5.92 Å². The largest absolute Gasteiger partial charge is 0.309 e. The second-order valence-corrected chi connectivity index (χ2v) is 5.56. The summed E-state index contributed by atoms with van der Waals surface area (Å²) in [7, 11) is 0. The summed E-state index contributed by atoms with van der Waals surface area (Å²) in [6.45, 7) is 10.8. The molecule has 15 heavy (non-hydrogen) atoms. The number of hydrogen-bond donors (Lipinski definition) is 1. The Hall–Kier alpha value is -0.300. The fourth-order valence-corrected chi connectivity index (χ4v) is 2.64. The lowest BCUT2D eigenvalue weighted by Gasteiger charge is -2.39. The average molecular weight is 209 g/mol. The highest BCUT2D eigenvalue weighted by Gasteiger charge is 2.28. The molecular weight excluding hydrogens is 182 g/mol. The standard InChI is InChI=1S/C14H27N/c1-5-9-12(2)13(3)15-14(4)10-7-6-8-11-14/h5,12-13,15H,1,6-11H2,2-4H3. The monoisotopic (exact) mass is 209 g/mol. The highest BCUT2D eigenvalue weighted by Crippen LogP contribution is 2.28. The van der Waals surface area contributed by atoms with E-state index < -0.39 is 0 Å². The molecule has 0 aromatic heterocycles. The molecule has 1 saturated carbocycles. The first-order valence-corrected chi connectivity index (χ1v) is 6.46. The van der Waals surface area contributed by atoms with Gasteiger partial charge in [-0.15, -0.1) is 6.58 Å². The van der Waals surface area contributed by atoms with Crippen LogP contribution in [0.3, 0.4) is 0 Å². The molecule has 0 heterocycles. The SMILES string of the molecule is C=CCC(C)C(C)NC1(C)CCCCC1. The molecule has 2 unspecified atom stereocenters. The maximum atomic E-state index is 3.83. The summed E-state index contributed by atoms with van der Waals surface area (Å²) in [4.78, 5) is 0. The van der Waals surface area contributed by atoms with Gasteiger partial charge in [-0.1, -0.05) is 32.3 Å². The van der Waals surface area contributed by atoms with Crippen LogP contribution in [0.1, 0.15) is 59.3 Å². The molecule has 88 valence electrons. The van der Waals surface area contributed by atoms with E-state index in [2.05, 4.69) is 32.7 Å². The fourth-order valence-electron chi connectivity index (χ4n) is 2.64. The van der Waals surface area contributed by atoms with Crippen molar-refractivity contribution in [3.05, 3.63) is 12.7 Å². The van der Waals surface area contributed by atoms with E-state index in [4.69, 9.17) is 0 Å². The van der Waals surface area contributed by atoms with Crippen LogP contribution in [-0.4, -0.2) is 11.6 Å². The third kappa shape index (κ3) is 3.98. The van der Waals surface area contributed by atoms with E-state index in [-0.39, 0.29) is 0 Å². The minimum Gasteiger partial charge on any atom is -0.309 e. The summed E-state index contributed by atoms with van der Waals surface area (Å²) in [5, 5.41) is 3.83. The van der Waals surface area contributed by atoms with E-state index in [1.807, 2.05) is 6.08 Å². The van der Waals surface area contributed by atoms with Gasteiger partial charge in [-0.2, -0.15) is 0 Å². The molecule has 1 fully saturated rings. The highest BCUT2D eigenvalue weighted by atomic mass is 15.0. The van der Waals surface area contributed by atoms with Crippen LogP contribution in [0.4, 0.5) is 0 Å². The lowest BCUT2D eigenvalue weighted by atomic mass is 9.82. The van der Waals surface area contributed by atoms with Gasteiger partial charge < -0.3 is 5.32 Å². The Morgan fingerprint density at radius 1 is 1.27 bits per heavy atom. The molecule has 0 aromatic carbocycles. The Morgan fingerprint density at radius 2 is 1.87 bits per heavy atom. The Balaban J connectivity index is 2.40. The van der Waals surface area contributed by atoms with E-state index >= 15 is 0 Å². The first-order valence-electron chi connectivity index (χ1n) is 6.46. The Kier molecular flexibility index (Phi) is 4.85. The average Bonchev–Trinajstić information content (AvgIpc) is 2.18. The van der Waals surface area contributed by atoms with Crippen molar-refractivity contribution < 1.29 is 0 Å². The lowest BCUT2D eigenvalue weighted by molar-refractivity contribution is 0.209. The Morgan fingerprint density at radius 3 is 2.40 bits per heavy atom. The summed E-state index contributed by atoms with van der Waals surface area (Å²) in [6, 6.07) is 0.603. The van der Waals surface area contributed by atoms with E-state index in [1.54, 1.807) is 0 Å². The summed E-state index contributed by atoms with van der Waals surface area (Å²) in [5.74, 6) is 0.696. The smallest absolute Gasteiger partial charge is 0.0155 e. The maximum Gasteiger partial charge on any atom is 0.0155 e. The molecule has 1 heteroatoms. The second kappa shape index (κ2) is 5.69. The third-order valence-electron chi connectivity index (χ3n) is 3.93. The molecule has 0 aromatic rings. The number of hydrogen-bond acceptors (Lipinski definition) is 1. The lowest BCUT2D eigenvalue weighted by Crippen LogP contribution is -2.50. The second-order valence-electron chi connectivity index (χ2n) is 5.56. The molecule has 1 N–H and O–H groups in total. The zero-order valence-corrected chi connectivity index (χ0v) is 10.7. The van der Waals surface area contributed by atoms with Crippen LogP contribution < -0.4 is 5.32 Å². The minimum absolute atomic E-state index is 0.396. The summed E-state index contributed by atoms with van der Waals surface area (Å²) >= 11 is 0. The van der Waals surface area contributed by atoms with Crippen molar-refractivity contribution >= 4 is 0 Å². The molecule has 0 radical (unpaired) electrons. The Labute approximate surface area is 95.3 Å². The van der Waals surface area contributed by atoms with E-state index in [9.17, 15) is 0 Å². The first-order chi connectivity index (χ1) is 7.07. The zero-order valence-electron chi connectivity index (χ0n) is 10.7. The molecule has 1 nitrogen and oxygen atoms in total. The highest BCUT2D eigenvalue weighted by molar-refractivity contribution is 4.90. The normalized spacial score (nSPS) is 24.5. The fraction of sp³-hybridized carbons (Fsp3) is 0.857. The van der Waals surface area contributed by atoms with Crippen molar-refractivity contribution in [2.75, 3.05) is 0 Å². The zero-order chi connectivity index (χ0) is 11.3. The molecule has 1 aliphatic rings. The predicted octanol–water partition coefficient (Wildman–Crippen LogP) is 3.90. The van der Waals surface area contributed by atoms with Crippen molar-refractivity contribution in [3.8, 4) is 0 Å². The van der Waals surface area contributed by atoms with Gasteiger partial charge in [0.15, 0.2) is 0 Å². The molecule has 0 amide bonds. The van der Waals surface area contributed by atoms with Crippen LogP contribution in [0, 0.1) is 5.92 Å². The number of allylic oxidation sites excluding steroid dienone is 1. The van der Waals surface area contributed by atoms with Gasteiger partial charge >= 0.3 is 0 Å². The first kappa shape index (κ1) is 12.8. The minimum atomic E-state index is 0.396. The van der Waals surface area contributed by atoms with Crippen LogP contribution in [-0.2, 0) is 0 Å². The number of rotatable bonds is 5. The van der Waals surface area contributed by atoms with Crippen molar-refractivity contribution in [1.82, 2.24) is 5.32 Å². The van der Waals surface area contributed by atoms with Gasteiger partial charge in [0.2, 0.25) is 0 Å². The van der Waals surface area contributed by atoms with Gasteiger partial charge in [-0.05, 0) is 39.0 Å². The topological polar surface area (TPSA) is 12.0 Å². The van der Waals surface area contributed by atoms with Crippen molar-refractivity contribution in [2.45, 2.75) is 70.9 Å². The molecule has 1 aliphatic carbocycles. The summed E-state index contributed by atoms with van der Waals surface area (Å²) < 4.78 is 0. The molecule has 2 atom stereocenters. The molecular formula is C14H27N. The van der Waals surface area contributed by atoms with Gasteiger partial charge in [-0.3, -0.25) is 0 Å².